The van der Waals surface area contributed by atoms with Gasteiger partial charge in [0, 0.05) is 19.6 Å². The summed E-state index contributed by atoms with van der Waals surface area (Å²) in [6.07, 6.45) is 0. The molecule has 0 saturated carbocycles. The summed E-state index contributed by atoms with van der Waals surface area (Å²) in [5.41, 5.74) is 5.21. The van der Waals surface area contributed by atoms with Gasteiger partial charge in [-0.3, -0.25) is 4.90 Å². The standard InChI is InChI=1S/C8H16N2O3S2/c9-8(14)7-15(11,12)6-3-10-1-4-13-5-2-10/h1-7H2,(H2,9,14). The molecule has 1 fully saturated rings. The van der Waals surface area contributed by atoms with E-state index in [1.54, 1.807) is 0 Å². The lowest BCUT2D eigenvalue weighted by atomic mass is 10.4. The highest BCUT2D eigenvalue weighted by Gasteiger charge is 2.16. The summed E-state index contributed by atoms with van der Waals surface area (Å²) < 4.78 is 28.1. The molecular weight excluding hydrogens is 236 g/mol. The largest absolute Gasteiger partial charge is 0.392 e. The average Bonchev–Trinajstić information content (AvgIpc) is 2.15. The second-order valence-corrected chi connectivity index (χ2v) is 6.22. The molecule has 15 heavy (non-hydrogen) atoms. The van der Waals surface area contributed by atoms with E-state index in [1.807, 2.05) is 0 Å². The fourth-order valence-electron chi connectivity index (χ4n) is 1.38. The van der Waals surface area contributed by atoms with E-state index in [0.717, 1.165) is 13.1 Å². The smallest absolute Gasteiger partial charge is 0.158 e. The van der Waals surface area contributed by atoms with E-state index >= 15 is 0 Å². The summed E-state index contributed by atoms with van der Waals surface area (Å²) in [6, 6.07) is 0. The normalized spacial score (nSPS) is 18.9. The Hall–Kier alpha value is -0.240. The molecule has 1 aliphatic heterocycles. The van der Waals surface area contributed by atoms with Crippen molar-refractivity contribution in [3.63, 3.8) is 0 Å². The maximum absolute atomic E-state index is 11.5. The first-order valence-corrected chi connectivity index (χ1v) is 7.01. The minimum atomic E-state index is -3.13. The third-order valence-corrected chi connectivity index (χ3v) is 4.07. The second kappa shape index (κ2) is 5.74. The number of nitrogens with two attached hydrogens (primary N) is 1. The van der Waals surface area contributed by atoms with Gasteiger partial charge >= 0.3 is 0 Å². The van der Waals surface area contributed by atoms with Crippen molar-refractivity contribution in [1.29, 1.82) is 0 Å². The van der Waals surface area contributed by atoms with Crippen LogP contribution in [-0.4, -0.2) is 62.7 Å². The van der Waals surface area contributed by atoms with Crippen molar-refractivity contribution in [3.8, 4) is 0 Å². The summed E-state index contributed by atoms with van der Waals surface area (Å²) in [7, 11) is -3.13. The molecule has 0 amide bonds. The third kappa shape index (κ3) is 5.41. The number of rotatable bonds is 5. The Labute approximate surface area is 95.5 Å². The van der Waals surface area contributed by atoms with Crippen LogP contribution in [0.15, 0.2) is 0 Å². The Morgan fingerprint density at radius 2 is 2.00 bits per heavy atom. The number of sulfone groups is 1. The molecule has 0 bridgehead atoms. The lowest BCUT2D eigenvalue weighted by molar-refractivity contribution is 0.0408. The molecule has 2 N–H and O–H groups in total. The summed E-state index contributed by atoms with van der Waals surface area (Å²) in [4.78, 5) is 2.11. The number of hydrogen-bond acceptors (Lipinski definition) is 5. The Kier molecular flexibility index (Phi) is 4.91. The van der Waals surface area contributed by atoms with Crippen LogP contribution in [0.4, 0.5) is 0 Å². The molecule has 0 unspecified atom stereocenters. The van der Waals surface area contributed by atoms with Crippen molar-refractivity contribution in [1.82, 2.24) is 4.90 Å². The molecule has 0 radical (unpaired) electrons. The molecule has 0 aliphatic carbocycles. The molecule has 1 rings (SSSR count). The molecule has 88 valence electrons. The highest BCUT2D eigenvalue weighted by Crippen LogP contribution is 1.99. The lowest BCUT2D eigenvalue weighted by Gasteiger charge is -2.26. The van der Waals surface area contributed by atoms with Gasteiger partial charge in [0.2, 0.25) is 0 Å². The van der Waals surface area contributed by atoms with Crippen LogP contribution in [0.2, 0.25) is 0 Å². The van der Waals surface area contributed by atoms with Crippen LogP contribution in [-0.2, 0) is 14.6 Å². The molecule has 7 heteroatoms. The van der Waals surface area contributed by atoms with Crippen LogP contribution in [0.3, 0.4) is 0 Å². The predicted molar refractivity (Wildman–Crippen MR) is 62.7 cm³/mol. The number of thiocarbonyl (C=S) groups is 1. The number of ether oxygens (including phenoxy) is 1. The highest BCUT2D eigenvalue weighted by atomic mass is 32.2. The van der Waals surface area contributed by atoms with Gasteiger partial charge in [0.1, 0.15) is 5.75 Å². The summed E-state index contributed by atoms with van der Waals surface area (Å²) in [6.45, 7) is 3.48. The van der Waals surface area contributed by atoms with Gasteiger partial charge in [0.05, 0.1) is 24.0 Å². The van der Waals surface area contributed by atoms with Crippen molar-refractivity contribution in [2.75, 3.05) is 44.4 Å². The molecule has 0 aromatic heterocycles. The third-order valence-electron chi connectivity index (χ3n) is 2.18. The Morgan fingerprint density at radius 1 is 1.40 bits per heavy atom. The van der Waals surface area contributed by atoms with Crippen molar-refractivity contribution in [3.05, 3.63) is 0 Å². The van der Waals surface area contributed by atoms with Crippen LogP contribution >= 0.6 is 12.2 Å². The van der Waals surface area contributed by atoms with E-state index in [-0.39, 0.29) is 16.5 Å². The fraction of sp³-hybridized carbons (Fsp3) is 0.875. The topological polar surface area (TPSA) is 72.6 Å². The molecule has 0 atom stereocenters. The first-order valence-electron chi connectivity index (χ1n) is 4.78. The van der Waals surface area contributed by atoms with E-state index in [2.05, 4.69) is 17.1 Å². The number of nitrogens with zero attached hydrogens (tertiary/aromatic N) is 1. The molecule has 5 nitrogen and oxygen atoms in total. The van der Waals surface area contributed by atoms with Crippen LogP contribution in [0.25, 0.3) is 0 Å². The lowest BCUT2D eigenvalue weighted by Crippen LogP contribution is -2.39. The summed E-state index contributed by atoms with van der Waals surface area (Å²) in [5, 5.41) is 0. The number of morpholine rings is 1. The van der Waals surface area contributed by atoms with E-state index in [1.165, 1.54) is 0 Å². The maximum atomic E-state index is 11.5. The van der Waals surface area contributed by atoms with Gasteiger partial charge in [0.25, 0.3) is 0 Å². The molecule has 0 aromatic carbocycles. The van der Waals surface area contributed by atoms with E-state index < -0.39 is 9.84 Å². The van der Waals surface area contributed by atoms with E-state index in [4.69, 9.17) is 10.5 Å². The van der Waals surface area contributed by atoms with Gasteiger partial charge in [-0.25, -0.2) is 8.42 Å². The molecule has 1 saturated heterocycles. The van der Waals surface area contributed by atoms with Crippen molar-refractivity contribution >= 4 is 27.0 Å². The molecule has 0 aromatic rings. The zero-order valence-electron chi connectivity index (χ0n) is 8.52. The van der Waals surface area contributed by atoms with Crippen LogP contribution < -0.4 is 5.73 Å². The molecule has 0 spiro atoms. The fourth-order valence-corrected chi connectivity index (χ4v) is 3.03. The summed E-state index contributed by atoms with van der Waals surface area (Å²) in [5.74, 6) is -0.0724. The van der Waals surface area contributed by atoms with Gasteiger partial charge in [-0.15, -0.1) is 0 Å². The molecule has 1 aliphatic rings. The quantitative estimate of drug-likeness (QED) is 0.634. The number of hydrogen-bond donors (Lipinski definition) is 1. The van der Waals surface area contributed by atoms with Crippen molar-refractivity contribution < 1.29 is 13.2 Å². The first-order chi connectivity index (χ1) is 6.99. The monoisotopic (exact) mass is 252 g/mol. The van der Waals surface area contributed by atoms with Gasteiger partial charge in [0.15, 0.2) is 9.84 Å². The van der Waals surface area contributed by atoms with Crippen molar-refractivity contribution in [2.24, 2.45) is 5.73 Å². The van der Waals surface area contributed by atoms with Gasteiger partial charge in [-0.2, -0.15) is 0 Å². The minimum Gasteiger partial charge on any atom is -0.392 e. The Balaban J connectivity index is 2.31. The Bertz CT molecular complexity index is 310. The van der Waals surface area contributed by atoms with E-state index in [0.29, 0.717) is 19.8 Å². The maximum Gasteiger partial charge on any atom is 0.158 e. The minimum absolute atomic E-state index is 0.0389. The van der Waals surface area contributed by atoms with Gasteiger partial charge < -0.3 is 10.5 Å². The van der Waals surface area contributed by atoms with Crippen LogP contribution in [0.1, 0.15) is 0 Å². The molecule has 1 heterocycles. The SMILES string of the molecule is NC(=S)CS(=O)(=O)CCN1CCOCC1. The highest BCUT2D eigenvalue weighted by molar-refractivity contribution is 7.93. The van der Waals surface area contributed by atoms with Gasteiger partial charge in [-0.1, -0.05) is 12.2 Å². The van der Waals surface area contributed by atoms with Crippen LogP contribution in [0.5, 0.6) is 0 Å². The second-order valence-electron chi connectivity index (χ2n) is 3.51. The molecular formula is C8H16N2O3S2. The van der Waals surface area contributed by atoms with E-state index in [9.17, 15) is 8.42 Å². The predicted octanol–water partition coefficient (Wildman–Crippen LogP) is -0.980. The zero-order chi connectivity index (χ0) is 11.3. The van der Waals surface area contributed by atoms with Gasteiger partial charge in [-0.05, 0) is 0 Å². The summed E-state index contributed by atoms with van der Waals surface area (Å²) >= 11 is 4.58. The van der Waals surface area contributed by atoms with Crippen molar-refractivity contribution in [2.45, 2.75) is 0 Å². The first kappa shape index (κ1) is 12.8. The van der Waals surface area contributed by atoms with Crippen LogP contribution in [0, 0.1) is 0 Å². The zero-order valence-corrected chi connectivity index (χ0v) is 10.1. The average molecular weight is 252 g/mol. The Morgan fingerprint density at radius 3 is 2.53 bits per heavy atom.